The molecule has 7 atom stereocenters. The van der Waals surface area contributed by atoms with Crippen LogP contribution in [-0.4, -0.2) is 78.2 Å². The van der Waals surface area contributed by atoms with Crippen molar-refractivity contribution in [1.82, 2.24) is 10.6 Å². The Balaban J connectivity index is 2.47. The lowest BCUT2D eigenvalue weighted by molar-refractivity contribution is -0.180. The molecule has 0 spiro atoms. The minimum Gasteiger partial charge on any atom is -0.457 e. The molecular weight excluding hydrogens is 640 g/mol. The average Bonchev–Trinajstić information content (AvgIpc) is 3.03. The van der Waals surface area contributed by atoms with E-state index in [1.165, 1.54) is 13.8 Å². The van der Waals surface area contributed by atoms with Gasteiger partial charge in [-0.05, 0) is 50.5 Å². The molecule has 49 heavy (non-hydrogen) atoms. The number of hydrogen-bond donors (Lipinski definition) is 2. The van der Waals surface area contributed by atoms with Crippen LogP contribution in [0.3, 0.4) is 0 Å². The summed E-state index contributed by atoms with van der Waals surface area (Å²) in [6.45, 7) is 13.0. The normalized spacial score (nSPS) is 25.6. The van der Waals surface area contributed by atoms with Crippen LogP contribution in [0.5, 0.6) is 0 Å². The first-order valence-electron chi connectivity index (χ1n) is 16.6. The maximum absolute atomic E-state index is 13.5. The van der Waals surface area contributed by atoms with Crippen LogP contribution < -0.4 is 10.6 Å². The first-order chi connectivity index (χ1) is 23.0. The first kappa shape index (κ1) is 40.7. The molecule has 0 aromatic heterocycles. The summed E-state index contributed by atoms with van der Waals surface area (Å²) in [6.07, 6.45) is -7.05. The van der Waals surface area contributed by atoms with Crippen LogP contribution in [0.4, 0.5) is 4.79 Å². The van der Waals surface area contributed by atoms with Gasteiger partial charge in [0.2, 0.25) is 0 Å². The molecule has 2 N–H and O–H groups in total. The Labute approximate surface area is 287 Å². The Bertz CT molecular complexity index is 1310. The largest absolute Gasteiger partial charge is 0.457 e. The van der Waals surface area contributed by atoms with Gasteiger partial charge in [-0.1, -0.05) is 71.9 Å². The Morgan fingerprint density at radius 1 is 0.857 bits per heavy atom. The minimum atomic E-state index is -1.69. The zero-order valence-electron chi connectivity index (χ0n) is 29.5. The summed E-state index contributed by atoms with van der Waals surface area (Å²) in [6, 6.07) is 5.90. The van der Waals surface area contributed by atoms with Crippen LogP contribution in [0, 0.1) is 17.8 Å². The van der Waals surface area contributed by atoms with Gasteiger partial charge >= 0.3 is 30.0 Å². The van der Waals surface area contributed by atoms with E-state index >= 15 is 0 Å². The number of benzene rings is 1. The molecule has 1 aromatic carbocycles. The van der Waals surface area contributed by atoms with Gasteiger partial charge in [0, 0.05) is 5.92 Å². The van der Waals surface area contributed by atoms with Crippen LogP contribution in [-0.2, 0) is 59.1 Å². The molecule has 1 aromatic rings. The molecule has 14 heteroatoms. The Kier molecular flexibility index (Phi) is 16.2. The molecule has 0 aliphatic carbocycles. The fourth-order valence-electron chi connectivity index (χ4n) is 4.83. The van der Waals surface area contributed by atoms with Crippen molar-refractivity contribution in [3.63, 3.8) is 0 Å². The number of nitrogens with one attached hydrogen (secondary N) is 2. The lowest BCUT2D eigenvalue weighted by atomic mass is 9.96. The highest BCUT2D eigenvalue weighted by atomic mass is 16.6. The van der Waals surface area contributed by atoms with Crippen LogP contribution in [0.15, 0.2) is 30.3 Å². The van der Waals surface area contributed by atoms with Crippen molar-refractivity contribution < 1.29 is 57.2 Å². The van der Waals surface area contributed by atoms with Gasteiger partial charge in [0.15, 0.2) is 30.1 Å². The van der Waals surface area contributed by atoms with Crippen molar-refractivity contribution in [2.45, 2.75) is 124 Å². The predicted molar refractivity (Wildman–Crippen MR) is 174 cm³/mol. The highest BCUT2D eigenvalue weighted by Gasteiger charge is 2.39. The molecule has 0 saturated carbocycles. The van der Waals surface area contributed by atoms with E-state index in [9.17, 15) is 33.6 Å². The van der Waals surface area contributed by atoms with E-state index < -0.39 is 90.5 Å². The molecule has 1 heterocycles. The van der Waals surface area contributed by atoms with Gasteiger partial charge in [0.1, 0.15) is 19.1 Å². The maximum atomic E-state index is 13.5. The second-order valence-corrected chi connectivity index (χ2v) is 13.1. The van der Waals surface area contributed by atoms with Gasteiger partial charge < -0.3 is 34.3 Å². The number of ketones is 1. The molecular formula is C35H50N2O12. The lowest BCUT2D eigenvalue weighted by Gasteiger charge is -2.29. The Hall–Kier alpha value is -4.49. The monoisotopic (exact) mass is 690 g/mol. The SMILES string of the molecule is CCC(C)[C@@H]1OC(=O)[C@H](C)OC(=O)[C@@H](NC(=O)OCc2ccccc2)[C@H](C)OC(=O)[C@@H](CC(C)C)OC(=O)CC(=O)[C@H](CC(C)C)NC1=O. The predicted octanol–water partition coefficient (Wildman–Crippen LogP) is 3.56. The first-order valence-corrected chi connectivity index (χ1v) is 16.6. The second-order valence-electron chi connectivity index (χ2n) is 13.1. The van der Waals surface area contributed by atoms with Crippen LogP contribution in [0.2, 0.25) is 0 Å². The van der Waals surface area contributed by atoms with E-state index in [0.717, 1.165) is 0 Å². The fourth-order valence-corrected chi connectivity index (χ4v) is 4.83. The summed E-state index contributed by atoms with van der Waals surface area (Å²) in [4.78, 5) is 92.4. The number of ether oxygens (including phenoxy) is 5. The van der Waals surface area contributed by atoms with Crippen molar-refractivity contribution in [2.24, 2.45) is 17.8 Å². The van der Waals surface area contributed by atoms with Crippen molar-refractivity contribution >= 4 is 41.7 Å². The summed E-state index contributed by atoms with van der Waals surface area (Å²) >= 11 is 0. The minimum absolute atomic E-state index is 0.0127. The molecule has 2 amide bonds. The van der Waals surface area contributed by atoms with Gasteiger partial charge in [0.25, 0.3) is 5.91 Å². The van der Waals surface area contributed by atoms with Gasteiger partial charge in [-0.2, -0.15) is 0 Å². The van der Waals surface area contributed by atoms with Gasteiger partial charge in [0.05, 0.1) is 6.04 Å². The molecule has 1 fully saturated rings. The molecule has 1 saturated heterocycles. The van der Waals surface area contributed by atoms with Crippen molar-refractivity contribution in [3.05, 3.63) is 35.9 Å². The van der Waals surface area contributed by atoms with E-state index in [2.05, 4.69) is 10.6 Å². The number of rotatable bonds is 9. The Morgan fingerprint density at radius 2 is 1.49 bits per heavy atom. The lowest BCUT2D eigenvalue weighted by Crippen LogP contribution is -2.53. The van der Waals surface area contributed by atoms with Crippen molar-refractivity contribution in [1.29, 1.82) is 0 Å². The molecule has 0 radical (unpaired) electrons. The number of carbonyl (C=O) groups excluding carboxylic acids is 7. The molecule has 1 aliphatic rings. The summed E-state index contributed by atoms with van der Waals surface area (Å²) in [5.41, 5.74) is 0.660. The number of alkyl carbamates (subject to hydrolysis) is 1. The standard InChI is InChI=1S/C35H50N2O12/c1-9-21(6)30-31(40)36-25(15-19(2)3)26(38)17-28(39)48-27(16-20(4)5)33(42)46-22(7)29(34(43)47-23(8)32(41)49-30)37-35(44)45-18-24-13-11-10-12-14-24/h10-14,19-23,25,27,29-30H,9,15-18H2,1-8H3,(H,36,40)(H,37,44)/t21?,22-,23-,25-,27+,29-,30-/m0/s1. The van der Waals surface area contributed by atoms with Crippen LogP contribution >= 0.6 is 0 Å². The molecule has 1 unspecified atom stereocenters. The van der Waals surface area contributed by atoms with E-state index in [0.29, 0.717) is 12.0 Å². The second kappa shape index (κ2) is 19.5. The Morgan fingerprint density at radius 3 is 2.08 bits per heavy atom. The highest BCUT2D eigenvalue weighted by Crippen LogP contribution is 2.19. The van der Waals surface area contributed by atoms with Crippen LogP contribution in [0.1, 0.15) is 86.6 Å². The molecule has 0 bridgehead atoms. The van der Waals surface area contributed by atoms with Gasteiger partial charge in [-0.15, -0.1) is 0 Å². The van der Waals surface area contributed by atoms with Crippen molar-refractivity contribution in [3.8, 4) is 0 Å². The molecule has 2 rings (SSSR count). The topological polar surface area (TPSA) is 190 Å². The zero-order chi connectivity index (χ0) is 36.8. The van der Waals surface area contributed by atoms with Gasteiger partial charge in [-0.25, -0.2) is 19.2 Å². The van der Waals surface area contributed by atoms with E-state index in [-0.39, 0.29) is 31.3 Å². The van der Waals surface area contributed by atoms with E-state index in [1.54, 1.807) is 58.0 Å². The average molecular weight is 691 g/mol. The van der Waals surface area contributed by atoms with Crippen LogP contribution in [0.25, 0.3) is 0 Å². The number of carbonyl (C=O) groups is 7. The molecule has 1 aliphatic heterocycles. The smallest absolute Gasteiger partial charge is 0.408 e. The quantitative estimate of drug-likeness (QED) is 0.218. The fraction of sp³-hybridized carbons (Fsp3) is 0.629. The number of Topliss-reactive ketones (excluding diaryl/α,β-unsaturated/α-hetero) is 1. The maximum Gasteiger partial charge on any atom is 0.408 e. The molecule has 272 valence electrons. The summed E-state index contributed by atoms with van der Waals surface area (Å²) in [5, 5.41) is 4.93. The number of cyclic esters (lactones) is 4. The number of hydrogen-bond acceptors (Lipinski definition) is 12. The molecule has 14 nitrogen and oxygen atoms in total. The van der Waals surface area contributed by atoms with E-state index in [4.69, 9.17) is 23.7 Å². The number of esters is 4. The van der Waals surface area contributed by atoms with Gasteiger partial charge in [-0.3, -0.25) is 14.4 Å². The third kappa shape index (κ3) is 13.5. The summed E-state index contributed by atoms with van der Waals surface area (Å²) in [5.74, 6) is -6.50. The van der Waals surface area contributed by atoms with Crippen molar-refractivity contribution in [2.75, 3.05) is 0 Å². The highest BCUT2D eigenvalue weighted by molar-refractivity contribution is 6.01. The third-order valence-electron chi connectivity index (χ3n) is 7.75. The summed E-state index contributed by atoms with van der Waals surface area (Å²) < 4.78 is 27.0. The number of amides is 2. The third-order valence-corrected chi connectivity index (χ3v) is 7.75. The zero-order valence-corrected chi connectivity index (χ0v) is 29.5. The summed E-state index contributed by atoms with van der Waals surface area (Å²) in [7, 11) is 0. The van der Waals surface area contributed by atoms with E-state index in [1.807, 2.05) is 13.8 Å².